The number of ketones is 2. The highest BCUT2D eigenvalue weighted by molar-refractivity contribution is 5.83. The van der Waals surface area contributed by atoms with Gasteiger partial charge in [0.15, 0.2) is 11.6 Å². The van der Waals surface area contributed by atoms with Gasteiger partial charge in [0.05, 0.1) is 0 Å². The molecule has 0 saturated heterocycles. The fraction of sp³-hybridized carbons (Fsp3) is 0.818. The minimum absolute atomic E-state index is 0.0183. The highest BCUT2D eigenvalue weighted by Gasteiger charge is 2.09. The summed E-state index contributed by atoms with van der Waals surface area (Å²) in [5.74, 6) is 0.445. The molecule has 0 N–H and O–H groups in total. The van der Waals surface area contributed by atoms with Crippen LogP contribution in [0, 0.1) is 11.8 Å². The van der Waals surface area contributed by atoms with Gasteiger partial charge < -0.3 is 4.74 Å². The van der Waals surface area contributed by atoms with E-state index >= 15 is 0 Å². The number of hydrogen-bond acceptors (Lipinski definition) is 3. The van der Waals surface area contributed by atoms with E-state index in [0.29, 0.717) is 12.3 Å². The highest BCUT2D eigenvalue weighted by atomic mass is 16.5. The second-order valence-corrected chi connectivity index (χ2v) is 4.25. The van der Waals surface area contributed by atoms with E-state index in [1.807, 2.05) is 27.7 Å². The molecule has 3 heteroatoms. The first kappa shape index (κ1) is 13.3. The van der Waals surface area contributed by atoms with Gasteiger partial charge in [0.25, 0.3) is 0 Å². The Morgan fingerprint density at radius 2 is 1.64 bits per heavy atom. The maximum atomic E-state index is 11.2. The molecule has 0 unspecified atom stereocenters. The zero-order chi connectivity index (χ0) is 11.1. The van der Waals surface area contributed by atoms with Crippen LogP contribution in [0.15, 0.2) is 0 Å². The summed E-state index contributed by atoms with van der Waals surface area (Å²) in [5, 5.41) is 0. The van der Waals surface area contributed by atoms with Crippen molar-refractivity contribution in [3.8, 4) is 0 Å². The lowest BCUT2D eigenvalue weighted by atomic mass is 10.1. The summed E-state index contributed by atoms with van der Waals surface area (Å²) in [5.41, 5.74) is 0. The molecule has 0 atom stereocenters. The third-order valence-corrected chi connectivity index (χ3v) is 1.79. The molecular formula is C11H20O3. The number of ether oxygens (including phenoxy) is 1. The summed E-state index contributed by atoms with van der Waals surface area (Å²) in [4.78, 5) is 22.3. The molecule has 0 amide bonds. The Morgan fingerprint density at radius 3 is 2.07 bits per heavy atom. The standard InChI is InChI=1S/C11H20O3/c1-8(2)5-10(12)6-14-7-11(13)9(3)4/h8-9H,5-7H2,1-4H3. The Kier molecular flexibility index (Phi) is 6.37. The average Bonchev–Trinajstić information content (AvgIpc) is 2.02. The predicted octanol–water partition coefficient (Wildman–Crippen LogP) is 1.84. The van der Waals surface area contributed by atoms with Gasteiger partial charge in [-0.2, -0.15) is 0 Å². The molecule has 0 aromatic heterocycles. The molecule has 0 aromatic carbocycles. The van der Waals surface area contributed by atoms with Gasteiger partial charge in [-0.1, -0.05) is 27.7 Å². The Morgan fingerprint density at radius 1 is 1.07 bits per heavy atom. The molecule has 0 fully saturated rings. The van der Waals surface area contributed by atoms with Crippen molar-refractivity contribution in [3.63, 3.8) is 0 Å². The van der Waals surface area contributed by atoms with E-state index in [4.69, 9.17) is 4.74 Å². The first-order chi connectivity index (χ1) is 6.43. The summed E-state index contributed by atoms with van der Waals surface area (Å²) in [6.07, 6.45) is 0.524. The van der Waals surface area contributed by atoms with Crippen LogP contribution in [0.5, 0.6) is 0 Å². The third-order valence-electron chi connectivity index (χ3n) is 1.79. The molecule has 0 aliphatic rings. The summed E-state index contributed by atoms with van der Waals surface area (Å²) in [7, 11) is 0. The molecule has 0 radical (unpaired) electrons. The quantitative estimate of drug-likeness (QED) is 0.630. The average molecular weight is 200 g/mol. The molecular weight excluding hydrogens is 180 g/mol. The Balaban J connectivity index is 3.54. The highest BCUT2D eigenvalue weighted by Crippen LogP contribution is 2.01. The summed E-state index contributed by atoms with van der Waals surface area (Å²) in [6, 6.07) is 0. The molecule has 14 heavy (non-hydrogen) atoms. The number of carbonyl (C=O) groups is 2. The van der Waals surface area contributed by atoms with Gasteiger partial charge in [-0.05, 0) is 5.92 Å². The first-order valence-corrected chi connectivity index (χ1v) is 5.05. The number of Topliss-reactive ketones (excluding diaryl/α,β-unsaturated/α-hetero) is 2. The minimum Gasteiger partial charge on any atom is -0.366 e. The molecule has 3 nitrogen and oxygen atoms in total. The first-order valence-electron chi connectivity index (χ1n) is 5.05. The minimum atomic E-state index is -0.0183. The van der Waals surface area contributed by atoms with E-state index in [0.717, 1.165) is 0 Å². The lowest BCUT2D eigenvalue weighted by molar-refractivity contribution is -0.130. The van der Waals surface area contributed by atoms with Gasteiger partial charge >= 0.3 is 0 Å². The third kappa shape index (κ3) is 6.78. The van der Waals surface area contributed by atoms with Crippen LogP contribution in [0.4, 0.5) is 0 Å². The Bertz CT molecular complexity index is 195. The van der Waals surface area contributed by atoms with Crippen LogP contribution in [-0.4, -0.2) is 24.8 Å². The van der Waals surface area contributed by atoms with Gasteiger partial charge in [-0.3, -0.25) is 9.59 Å². The van der Waals surface area contributed by atoms with Crippen molar-refractivity contribution in [2.75, 3.05) is 13.2 Å². The second-order valence-electron chi connectivity index (χ2n) is 4.25. The van der Waals surface area contributed by atoms with Crippen molar-refractivity contribution >= 4 is 11.6 Å². The van der Waals surface area contributed by atoms with E-state index in [1.165, 1.54) is 0 Å². The van der Waals surface area contributed by atoms with Crippen LogP contribution < -0.4 is 0 Å². The smallest absolute Gasteiger partial charge is 0.160 e. The van der Waals surface area contributed by atoms with Crippen molar-refractivity contribution in [1.82, 2.24) is 0 Å². The second kappa shape index (κ2) is 6.71. The van der Waals surface area contributed by atoms with Crippen LogP contribution >= 0.6 is 0 Å². The molecule has 0 aliphatic heterocycles. The fourth-order valence-electron chi connectivity index (χ4n) is 0.946. The Hall–Kier alpha value is -0.700. The Labute approximate surface area is 85.8 Å². The van der Waals surface area contributed by atoms with E-state index in [1.54, 1.807) is 0 Å². The van der Waals surface area contributed by atoms with Crippen LogP contribution in [0.2, 0.25) is 0 Å². The van der Waals surface area contributed by atoms with E-state index in [9.17, 15) is 9.59 Å². The van der Waals surface area contributed by atoms with Gasteiger partial charge in [0.2, 0.25) is 0 Å². The largest absolute Gasteiger partial charge is 0.366 e. The molecule has 82 valence electrons. The summed E-state index contributed by atoms with van der Waals surface area (Å²) >= 11 is 0. The van der Waals surface area contributed by atoms with Crippen molar-refractivity contribution in [3.05, 3.63) is 0 Å². The van der Waals surface area contributed by atoms with E-state index in [-0.39, 0.29) is 30.7 Å². The molecule has 0 aliphatic carbocycles. The monoisotopic (exact) mass is 200 g/mol. The van der Waals surface area contributed by atoms with E-state index < -0.39 is 0 Å². The van der Waals surface area contributed by atoms with Crippen LogP contribution in [0.25, 0.3) is 0 Å². The number of rotatable bonds is 7. The number of carbonyl (C=O) groups excluding carboxylic acids is 2. The molecule has 0 bridgehead atoms. The van der Waals surface area contributed by atoms with Gasteiger partial charge in [0, 0.05) is 12.3 Å². The lowest BCUT2D eigenvalue weighted by Crippen LogP contribution is -2.19. The molecule has 0 aromatic rings. The summed E-state index contributed by atoms with van der Waals surface area (Å²) in [6.45, 7) is 7.73. The zero-order valence-electron chi connectivity index (χ0n) is 9.50. The fourth-order valence-corrected chi connectivity index (χ4v) is 0.946. The maximum Gasteiger partial charge on any atom is 0.160 e. The van der Waals surface area contributed by atoms with Crippen molar-refractivity contribution in [2.24, 2.45) is 11.8 Å². The zero-order valence-corrected chi connectivity index (χ0v) is 9.50. The molecule has 0 heterocycles. The topological polar surface area (TPSA) is 43.4 Å². The van der Waals surface area contributed by atoms with Crippen LogP contribution in [0.1, 0.15) is 34.1 Å². The predicted molar refractivity (Wildman–Crippen MR) is 55.1 cm³/mol. The maximum absolute atomic E-state index is 11.2. The molecule has 0 rings (SSSR count). The van der Waals surface area contributed by atoms with Crippen molar-refractivity contribution < 1.29 is 14.3 Å². The molecule has 0 saturated carbocycles. The summed E-state index contributed by atoms with van der Waals surface area (Å²) < 4.78 is 5.02. The molecule has 0 spiro atoms. The normalized spacial score (nSPS) is 11.0. The van der Waals surface area contributed by atoms with E-state index in [2.05, 4.69) is 0 Å². The van der Waals surface area contributed by atoms with Gasteiger partial charge in [0.1, 0.15) is 13.2 Å². The van der Waals surface area contributed by atoms with Gasteiger partial charge in [-0.15, -0.1) is 0 Å². The lowest BCUT2D eigenvalue weighted by Gasteiger charge is -2.06. The van der Waals surface area contributed by atoms with Crippen molar-refractivity contribution in [1.29, 1.82) is 0 Å². The van der Waals surface area contributed by atoms with Crippen LogP contribution in [-0.2, 0) is 14.3 Å². The van der Waals surface area contributed by atoms with Crippen molar-refractivity contribution in [2.45, 2.75) is 34.1 Å². The van der Waals surface area contributed by atoms with Gasteiger partial charge in [-0.25, -0.2) is 0 Å². The number of hydrogen-bond donors (Lipinski definition) is 0. The van der Waals surface area contributed by atoms with Crippen LogP contribution in [0.3, 0.4) is 0 Å². The SMILES string of the molecule is CC(C)CC(=O)COCC(=O)C(C)C.